The number of hydrogen-bond donors (Lipinski definition) is 1. The van der Waals surface area contributed by atoms with E-state index in [9.17, 15) is 14.3 Å². The molecule has 0 bridgehead atoms. The number of hydrogen-bond acceptors (Lipinski definition) is 2. The van der Waals surface area contributed by atoms with Gasteiger partial charge in [-0.2, -0.15) is 0 Å². The largest absolute Gasteiger partial charge is 0.494 e. The van der Waals surface area contributed by atoms with Crippen LogP contribution in [0.3, 0.4) is 0 Å². The molecule has 1 N–H and O–H groups in total. The molecule has 1 unspecified atom stereocenters. The van der Waals surface area contributed by atoms with Crippen molar-refractivity contribution in [3.05, 3.63) is 64.9 Å². The molecular formula is C16H14ClFO3. The highest BCUT2D eigenvalue weighted by Crippen LogP contribution is 2.27. The molecule has 0 saturated heterocycles. The van der Waals surface area contributed by atoms with Crippen molar-refractivity contribution in [1.29, 1.82) is 0 Å². The minimum Gasteiger partial charge on any atom is -0.494 e. The average molecular weight is 309 g/mol. The number of benzene rings is 2. The van der Waals surface area contributed by atoms with Gasteiger partial charge in [0.25, 0.3) is 0 Å². The first-order valence-corrected chi connectivity index (χ1v) is 6.81. The molecule has 0 heterocycles. The second-order valence-electron chi connectivity index (χ2n) is 4.50. The van der Waals surface area contributed by atoms with Crippen molar-refractivity contribution in [2.45, 2.75) is 12.3 Å². The second kappa shape index (κ2) is 7.09. The van der Waals surface area contributed by atoms with Crippen molar-refractivity contribution < 1.29 is 19.0 Å². The van der Waals surface area contributed by atoms with Crippen LogP contribution in [0, 0.1) is 5.82 Å². The Balaban J connectivity index is 2.00. The lowest BCUT2D eigenvalue weighted by molar-refractivity contribution is -0.139. The van der Waals surface area contributed by atoms with Crippen LogP contribution in [0.25, 0.3) is 0 Å². The lowest BCUT2D eigenvalue weighted by atomic mass is 9.96. The van der Waals surface area contributed by atoms with Gasteiger partial charge in [-0.1, -0.05) is 29.8 Å². The fourth-order valence-corrected chi connectivity index (χ4v) is 2.26. The summed E-state index contributed by atoms with van der Waals surface area (Å²) in [6.45, 7) is 0.202. The summed E-state index contributed by atoms with van der Waals surface area (Å²) in [4.78, 5) is 11.4. The number of carboxylic acid groups (broad SMARTS) is 1. The predicted octanol–water partition coefficient (Wildman–Crippen LogP) is 4.12. The minimum atomic E-state index is -0.953. The molecule has 5 heteroatoms. The van der Waals surface area contributed by atoms with Gasteiger partial charge < -0.3 is 9.84 Å². The maximum atomic E-state index is 12.8. The molecular weight excluding hydrogens is 295 g/mol. The summed E-state index contributed by atoms with van der Waals surface area (Å²) in [5.74, 6) is -1.54. The van der Waals surface area contributed by atoms with Gasteiger partial charge in [0, 0.05) is 5.02 Å². The number of aliphatic carboxylic acids is 1. The van der Waals surface area contributed by atoms with E-state index in [1.807, 2.05) is 0 Å². The molecule has 0 aliphatic rings. The molecule has 110 valence electrons. The van der Waals surface area contributed by atoms with E-state index in [2.05, 4.69) is 0 Å². The third kappa shape index (κ3) is 4.20. The van der Waals surface area contributed by atoms with Crippen molar-refractivity contribution >= 4 is 17.6 Å². The molecule has 2 aromatic carbocycles. The number of rotatable bonds is 6. The Hall–Kier alpha value is -2.07. The molecule has 2 aromatic rings. The zero-order chi connectivity index (χ0) is 15.2. The second-order valence-corrected chi connectivity index (χ2v) is 4.91. The SMILES string of the molecule is O=C(O)C(CCOc1ccc(F)cc1)c1ccccc1Cl. The number of halogens is 2. The number of ether oxygens (including phenoxy) is 1. The molecule has 0 aliphatic carbocycles. The van der Waals surface area contributed by atoms with Crippen LogP contribution in [0.2, 0.25) is 5.02 Å². The van der Waals surface area contributed by atoms with Crippen LogP contribution >= 0.6 is 11.6 Å². The molecule has 0 fully saturated rings. The molecule has 0 spiro atoms. The van der Waals surface area contributed by atoms with E-state index in [0.717, 1.165) is 0 Å². The predicted molar refractivity (Wildman–Crippen MR) is 78.3 cm³/mol. The van der Waals surface area contributed by atoms with Crippen LogP contribution in [0.5, 0.6) is 5.75 Å². The standard InChI is InChI=1S/C16H14ClFO3/c17-15-4-2-1-3-13(15)14(16(19)20)9-10-21-12-7-5-11(18)6-8-12/h1-8,14H,9-10H2,(H,19,20). The number of carbonyl (C=O) groups is 1. The third-order valence-corrected chi connectivity index (χ3v) is 3.41. The summed E-state index contributed by atoms with van der Waals surface area (Å²) in [5, 5.41) is 9.74. The van der Waals surface area contributed by atoms with Gasteiger partial charge >= 0.3 is 5.97 Å². The highest BCUT2D eigenvalue weighted by Gasteiger charge is 2.22. The Bertz CT molecular complexity index is 613. The van der Waals surface area contributed by atoms with Gasteiger partial charge in [0.15, 0.2) is 0 Å². The Morgan fingerprint density at radius 3 is 2.48 bits per heavy atom. The molecule has 0 radical (unpaired) electrons. The summed E-state index contributed by atoms with van der Waals surface area (Å²) in [6, 6.07) is 12.4. The summed E-state index contributed by atoms with van der Waals surface area (Å²) in [6.07, 6.45) is 0.274. The van der Waals surface area contributed by atoms with Crippen molar-refractivity contribution in [3.63, 3.8) is 0 Å². The van der Waals surface area contributed by atoms with Gasteiger partial charge in [0.2, 0.25) is 0 Å². The van der Waals surface area contributed by atoms with Crippen molar-refractivity contribution in [2.24, 2.45) is 0 Å². The van der Waals surface area contributed by atoms with Gasteiger partial charge in [-0.05, 0) is 42.3 Å². The van der Waals surface area contributed by atoms with E-state index in [0.29, 0.717) is 16.3 Å². The van der Waals surface area contributed by atoms with Crippen molar-refractivity contribution in [2.75, 3.05) is 6.61 Å². The first-order valence-electron chi connectivity index (χ1n) is 6.43. The quantitative estimate of drug-likeness (QED) is 0.873. The molecule has 3 nitrogen and oxygen atoms in total. The fraction of sp³-hybridized carbons (Fsp3) is 0.188. The normalized spacial score (nSPS) is 11.9. The van der Waals surface area contributed by atoms with E-state index in [1.54, 1.807) is 24.3 Å². The van der Waals surface area contributed by atoms with Crippen LogP contribution in [0.1, 0.15) is 17.9 Å². The average Bonchev–Trinajstić information content (AvgIpc) is 2.46. The van der Waals surface area contributed by atoms with Gasteiger partial charge in [0.05, 0.1) is 12.5 Å². The maximum absolute atomic E-state index is 12.8. The first kappa shape index (κ1) is 15.3. The van der Waals surface area contributed by atoms with E-state index >= 15 is 0 Å². The summed E-state index contributed by atoms with van der Waals surface area (Å²) in [7, 11) is 0. The van der Waals surface area contributed by atoms with E-state index in [4.69, 9.17) is 16.3 Å². The minimum absolute atomic E-state index is 0.202. The van der Waals surface area contributed by atoms with Gasteiger partial charge in [-0.25, -0.2) is 4.39 Å². The van der Waals surface area contributed by atoms with Gasteiger partial charge in [0.1, 0.15) is 11.6 Å². The van der Waals surface area contributed by atoms with Crippen molar-refractivity contribution in [3.8, 4) is 5.75 Å². The lowest BCUT2D eigenvalue weighted by Crippen LogP contribution is -2.15. The lowest BCUT2D eigenvalue weighted by Gasteiger charge is -2.14. The maximum Gasteiger partial charge on any atom is 0.311 e. The zero-order valence-electron chi connectivity index (χ0n) is 11.1. The molecule has 0 aliphatic heterocycles. The van der Waals surface area contributed by atoms with Gasteiger partial charge in [-0.15, -0.1) is 0 Å². The molecule has 0 saturated carbocycles. The number of carboxylic acids is 1. The van der Waals surface area contributed by atoms with Crippen LogP contribution in [-0.2, 0) is 4.79 Å². The Morgan fingerprint density at radius 1 is 1.19 bits per heavy atom. The summed E-state index contributed by atoms with van der Waals surface area (Å²) >= 11 is 6.03. The van der Waals surface area contributed by atoms with Gasteiger partial charge in [-0.3, -0.25) is 4.79 Å². The smallest absolute Gasteiger partial charge is 0.311 e. The molecule has 2 rings (SSSR count). The van der Waals surface area contributed by atoms with Crippen LogP contribution in [0.15, 0.2) is 48.5 Å². The molecule has 0 amide bonds. The Labute approximate surface area is 126 Å². The Morgan fingerprint density at radius 2 is 1.86 bits per heavy atom. The highest BCUT2D eigenvalue weighted by molar-refractivity contribution is 6.31. The first-order chi connectivity index (χ1) is 10.1. The molecule has 21 heavy (non-hydrogen) atoms. The van der Waals surface area contributed by atoms with Crippen LogP contribution in [0.4, 0.5) is 4.39 Å². The Kier molecular flexibility index (Phi) is 5.17. The summed E-state index contributed by atoms with van der Waals surface area (Å²) in [5.41, 5.74) is 0.564. The summed E-state index contributed by atoms with van der Waals surface area (Å²) < 4.78 is 18.2. The highest BCUT2D eigenvalue weighted by atomic mass is 35.5. The van der Waals surface area contributed by atoms with E-state index < -0.39 is 11.9 Å². The van der Waals surface area contributed by atoms with Crippen LogP contribution < -0.4 is 4.74 Å². The monoisotopic (exact) mass is 308 g/mol. The van der Waals surface area contributed by atoms with E-state index in [-0.39, 0.29) is 18.8 Å². The fourth-order valence-electron chi connectivity index (χ4n) is 2.00. The third-order valence-electron chi connectivity index (χ3n) is 3.07. The zero-order valence-corrected chi connectivity index (χ0v) is 11.9. The molecule has 0 aromatic heterocycles. The molecule has 1 atom stereocenters. The van der Waals surface area contributed by atoms with Crippen LogP contribution in [-0.4, -0.2) is 17.7 Å². The van der Waals surface area contributed by atoms with Crippen molar-refractivity contribution in [1.82, 2.24) is 0 Å². The topological polar surface area (TPSA) is 46.5 Å². The van der Waals surface area contributed by atoms with E-state index in [1.165, 1.54) is 24.3 Å².